The molecule has 0 bridgehead atoms. The van der Waals surface area contributed by atoms with Gasteiger partial charge in [0.2, 0.25) is 0 Å². The van der Waals surface area contributed by atoms with E-state index in [2.05, 4.69) is 0 Å². The van der Waals surface area contributed by atoms with E-state index in [9.17, 15) is 14.9 Å². The molecule has 0 radical (unpaired) electrons. The molecule has 23 heavy (non-hydrogen) atoms. The summed E-state index contributed by atoms with van der Waals surface area (Å²) in [5, 5.41) is 11.6. The second-order valence-corrected chi connectivity index (χ2v) is 5.17. The van der Waals surface area contributed by atoms with Crippen molar-refractivity contribution in [1.29, 1.82) is 0 Å². The van der Waals surface area contributed by atoms with Gasteiger partial charge in [0.1, 0.15) is 16.3 Å². The second kappa shape index (κ2) is 5.60. The maximum atomic E-state index is 12.4. The molecular weight excluding hydrogens is 300 g/mol. The fourth-order valence-electron chi connectivity index (χ4n) is 2.29. The van der Waals surface area contributed by atoms with Crippen LogP contribution in [0, 0.1) is 10.1 Å². The summed E-state index contributed by atoms with van der Waals surface area (Å²) >= 11 is 0. The van der Waals surface area contributed by atoms with E-state index < -0.39 is 16.7 Å². The van der Waals surface area contributed by atoms with Gasteiger partial charge < -0.3 is 13.7 Å². The summed E-state index contributed by atoms with van der Waals surface area (Å²) in [7, 11) is 1.59. The minimum Gasteiger partial charge on any atom is -0.459 e. The molecule has 0 N–H and O–H groups in total. The zero-order valence-electron chi connectivity index (χ0n) is 12.6. The van der Waals surface area contributed by atoms with Crippen LogP contribution in [0.15, 0.2) is 51.3 Å². The Kier molecular flexibility index (Phi) is 3.61. The molecule has 0 fully saturated rings. The first-order valence-electron chi connectivity index (χ1n) is 6.97. The number of para-hydroxylation sites is 1. The highest BCUT2D eigenvalue weighted by Crippen LogP contribution is 2.28. The molecule has 1 atom stereocenters. The Bertz CT molecular complexity index is 846. The third kappa shape index (κ3) is 2.68. The molecule has 1 aromatic carbocycles. The van der Waals surface area contributed by atoms with Crippen molar-refractivity contribution in [3.05, 3.63) is 64.1 Å². The van der Waals surface area contributed by atoms with Crippen molar-refractivity contribution >= 4 is 22.8 Å². The smallest absolute Gasteiger partial charge is 0.433 e. The van der Waals surface area contributed by atoms with E-state index in [4.69, 9.17) is 8.83 Å². The van der Waals surface area contributed by atoms with Gasteiger partial charge in [-0.3, -0.25) is 14.9 Å². The molecule has 118 valence electrons. The van der Waals surface area contributed by atoms with Crippen molar-refractivity contribution in [2.75, 3.05) is 7.05 Å². The first-order valence-corrected chi connectivity index (χ1v) is 6.97. The minimum atomic E-state index is -0.681. The summed E-state index contributed by atoms with van der Waals surface area (Å²) < 4.78 is 10.7. The summed E-state index contributed by atoms with van der Waals surface area (Å²) in [5.41, 5.74) is 0.740. The number of carbonyl (C=O) groups is 1. The lowest BCUT2D eigenvalue weighted by atomic mass is 10.2. The molecule has 0 spiro atoms. The van der Waals surface area contributed by atoms with Gasteiger partial charge in [-0.05, 0) is 25.1 Å². The van der Waals surface area contributed by atoms with Crippen LogP contribution >= 0.6 is 0 Å². The van der Waals surface area contributed by atoms with Gasteiger partial charge in [0.05, 0.1) is 12.1 Å². The predicted octanol–water partition coefficient (Wildman–Crippen LogP) is 3.77. The average Bonchev–Trinajstić information content (AvgIpc) is 3.19. The zero-order chi connectivity index (χ0) is 16.6. The molecule has 7 heteroatoms. The molecule has 1 amide bonds. The predicted molar refractivity (Wildman–Crippen MR) is 82.1 cm³/mol. The van der Waals surface area contributed by atoms with Gasteiger partial charge in [0.15, 0.2) is 5.76 Å². The molecule has 7 nitrogen and oxygen atoms in total. The number of fused-ring (bicyclic) bond motifs is 1. The van der Waals surface area contributed by atoms with E-state index in [0.717, 1.165) is 17.0 Å². The van der Waals surface area contributed by atoms with Crippen LogP contribution in [0.3, 0.4) is 0 Å². The van der Waals surface area contributed by atoms with Crippen molar-refractivity contribution in [2.24, 2.45) is 0 Å². The highest BCUT2D eigenvalue weighted by molar-refractivity contribution is 5.92. The standard InChI is InChI=1S/C16H14N2O5/c1-10(14-9-11-5-3-4-6-12(11)22-14)17(2)16(19)13-7-8-15(23-13)18(20)21/h3-10H,1-2H3. The van der Waals surface area contributed by atoms with E-state index in [-0.39, 0.29) is 11.8 Å². The topological polar surface area (TPSA) is 89.7 Å². The van der Waals surface area contributed by atoms with Crippen LogP contribution in [0.4, 0.5) is 5.88 Å². The highest BCUT2D eigenvalue weighted by atomic mass is 16.6. The molecule has 0 aliphatic heterocycles. The number of hydrogen-bond donors (Lipinski definition) is 0. The summed E-state index contributed by atoms with van der Waals surface area (Å²) in [6.07, 6.45) is 0. The van der Waals surface area contributed by atoms with Gasteiger partial charge >= 0.3 is 5.88 Å². The van der Waals surface area contributed by atoms with Gasteiger partial charge in [-0.2, -0.15) is 0 Å². The van der Waals surface area contributed by atoms with E-state index in [1.165, 1.54) is 11.0 Å². The fraction of sp³-hybridized carbons (Fsp3) is 0.188. The third-order valence-electron chi connectivity index (χ3n) is 3.74. The maximum Gasteiger partial charge on any atom is 0.433 e. The lowest BCUT2D eigenvalue weighted by Crippen LogP contribution is -2.29. The van der Waals surface area contributed by atoms with Crippen LogP contribution in [-0.2, 0) is 0 Å². The normalized spacial score (nSPS) is 12.3. The van der Waals surface area contributed by atoms with E-state index in [0.29, 0.717) is 5.76 Å². The Hall–Kier alpha value is -3.09. The molecule has 0 aliphatic carbocycles. The number of hydrogen-bond acceptors (Lipinski definition) is 5. The lowest BCUT2D eigenvalue weighted by Gasteiger charge is -2.21. The Morgan fingerprint density at radius 3 is 2.61 bits per heavy atom. The molecule has 0 aliphatic rings. The van der Waals surface area contributed by atoms with Crippen LogP contribution in [0.1, 0.15) is 29.3 Å². The van der Waals surface area contributed by atoms with Crippen molar-refractivity contribution in [3.63, 3.8) is 0 Å². The van der Waals surface area contributed by atoms with Crippen LogP contribution < -0.4 is 0 Å². The molecule has 0 saturated carbocycles. The number of rotatable bonds is 4. The summed E-state index contributed by atoms with van der Waals surface area (Å²) in [6.45, 7) is 1.81. The van der Waals surface area contributed by atoms with Crippen LogP contribution in [0.5, 0.6) is 0 Å². The largest absolute Gasteiger partial charge is 0.459 e. The second-order valence-electron chi connectivity index (χ2n) is 5.17. The molecule has 1 unspecified atom stereocenters. The van der Waals surface area contributed by atoms with E-state index in [1.807, 2.05) is 37.3 Å². The Balaban J connectivity index is 1.84. The van der Waals surface area contributed by atoms with Gasteiger partial charge in [0, 0.05) is 12.4 Å². The van der Waals surface area contributed by atoms with Crippen LogP contribution in [0.2, 0.25) is 0 Å². The first kappa shape index (κ1) is 14.8. The molecular formula is C16H14N2O5. The highest BCUT2D eigenvalue weighted by Gasteiger charge is 2.25. The molecule has 2 aromatic heterocycles. The fourth-order valence-corrected chi connectivity index (χ4v) is 2.29. The number of nitro groups is 1. The Morgan fingerprint density at radius 1 is 1.22 bits per heavy atom. The number of carbonyl (C=O) groups excluding carboxylic acids is 1. The van der Waals surface area contributed by atoms with Crippen molar-refractivity contribution in [2.45, 2.75) is 13.0 Å². The molecule has 3 rings (SSSR count). The number of amides is 1. The van der Waals surface area contributed by atoms with E-state index >= 15 is 0 Å². The van der Waals surface area contributed by atoms with Crippen LogP contribution in [-0.4, -0.2) is 22.8 Å². The quantitative estimate of drug-likeness (QED) is 0.540. The third-order valence-corrected chi connectivity index (χ3v) is 3.74. The van der Waals surface area contributed by atoms with E-state index in [1.54, 1.807) is 7.05 Å². The average molecular weight is 314 g/mol. The summed E-state index contributed by atoms with van der Waals surface area (Å²) in [6, 6.07) is 11.5. The van der Waals surface area contributed by atoms with Crippen molar-refractivity contribution in [1.82, 2.24) is 4.90 Å². The van der Waals surface area contributed by atoms with Crippen molar-refractivity contribution in [3.8, 4) is 0 Å². The number of furan rings is 2. The first-order chi connectivity index (χ1) is 11.0. The minimum absolute atomic E-state index is 0.0813. The summed E-state index contributed by atoms with van der Waals surface area (Å²) in [5.74, 6) is -0.366. The van der Waals surface area contributed by atoms with Gasteiger partial charge in [0.25, 0.3) is 5.91 Å². The van der Waals surface area contributed by atoms with Gasteiger partial charge in [-0.1, -0.05) is 18.2 Å². The SMILES string of the molecule is CC(c1cc2ccccc2o1)N(C)C(=O)c1ccc([N+](=O)[O-])o1. The van der Waals surface area contributed by atoms with Gasteiger partial charge in [-0.15, -0.1) is 0 Å². The monoisotopic (exact) mass is 314 g/mol. The molecule has 2 heterocycles. The lowest BCUT2D eigenvalue weighted by molar-refractivity contribution is -0.402. The van der Waals surface area contributed by atoms with Gasteiger partial charge in [-0.25, -0.2) is 0 Å². The summed E-state index contributed by atoms with van der Waals surface area (Å²) in [4.78, 5) is 23.7. The zero-order valence-corrected chi connectivity index (χ0v) is 12.6. The Morgan fingerprint density at radius 2 is 1.96 bits per heavy atom. The number of benzene rings is 1. The van der Waals surface area contributed by atoms with Crippen LogP contribution in [0.25, 0.3) is 11.0 Å². The van der Waals surface area contributed by atoms with Crippen molar-refractivity contribution < 1.29 is 18.6 Å². The number of nitrogens with zero attached hydrogens (tertiary/aromatic N) is 2. The molecule has 0 saturated heterocycles. The maximum absolute atomic E-state index is 12.4. The Labute approximate surface area is 131 Å². The molecule has 3 aromatic rings.